The summed E-state index contributed by atoms with van der Waals surface area (Å²) in [7, 11) is 0. The monoisotopic (exact) mass is 334 g/mol. The van der Waals surface area contributed by atoms with Crippen LogP contribution in [0.15, 0.2) is 48.5 Å². The molecule has 0 spiro atoms. The van der Waals surface area contributed by atoms with Gasteiger partial charge in [-0.2, -0.15) is 0 Å². The van der Waals surface area contributed by atoms with Crippen LogP contribution in [0.25, 0.3) is 0 Å². The molecule has 1 unspecified atom stereocenters. The minimum absolute atomic E-state index is 0. The highest BCUT2D eigenvalue weighted by Crippen LogP contribution is 2.24. The van der Waals surface area contributed by atoms with Crippen LogP contribution in [0.5, 0.6) is 0 Å². The van der Waals surface area contributed by atoms with Crippen LogP contribution in [0.4, 0.5) is 10.1 Å². The van der Waals surface area contributed by atoms with E-state index in [4.69, 9.17) is 5.73 Å². The molecule has 0 aromatic heterocycles. The lowest BCUT2D eigenvalue weighted by molar-refractivity contribution is 0.0736. The van der Waals surface area contributed by atoms with E-state index in [0.29, 0.717) is 17.7 Å². The molecule has 1 amide bonds. The number of likely N-dealkylation sites (tertiary alicyclic amines) is 1. The molecule has 3 nitrogen and oxygen atoms in total. The third-order valence-electron chi connectivity index (χ3n) is 4.16. The van der Waals surface area contributed by atoms with Crippen LogP contribution < -0.4 is 5.73 Å². The highest BCUT2D eigenvalue weighted by molar-refractivity contribution is 5.94. The highest BCUT2D eigenvalue weighted by Gasteiger charge is 2.29. The van der Waals surface area contributed by atoms with Gasteiger partial charge in [0.05, 0.1) is 0 Å². The van der Waals surface area contributed by atoms with E-state index in [-0.39, 0.29) is 30.2 Å². The van der Waals surface area contributed by atoms with Crippen LogP contribution in [0, 0.1) is 5.82 Å². The number of nitrogen functional groups attached to an aromatic ring is 1. The molecule has 1 fully saturated rings. The number of nitrogens with two attached hydrogens (primary N) is 1. The summed E-state index contributed by atoms with van der Waals surface area (Å²) < 4.78 is 13.3. The molecule has 1 aliphatic heterocycles. The van der Waals surface area contributed by atoms with Gasteiger partial charge in [0, 0.05) is 23.8 Å². The molecule has 0 saturated carbocycles. The van der Waals surface area contributed by atoms with Crippen LogP contribution in [-0.2, 0) is 6.42 Å². The van der Waals surface area contributed by atoms with E-state index in [1.807, 2.05) is 11.0 Å². The van der Waals surface area contributed by atoms with E-state index in [0.717, 1.165) is 24.9 Å². The summed E-state index contributed by atoms with van der Waals surface area (Å²) in [6.07, 6.45) is 2.64. The van der Waals surface area contributed by atoms with Gasteiger partial charge in [-0.1, -0.05) is 12.1 Å². The fourth-order valence-electron chi connectivity index (χ4n) is 3.04. The van der Waals surface area contributed by atoms with Crippen LogP contribution in [0.2, 0.25) is 0 Å². The lowest BCUT2D eigenvalue weighted by Gasteiger charge is -2.25. The molecule has 122 valence electrons. The van der Waals surface area contributed by atoms with Gasteiger partial charge in [0.25, 0.3) is 5.91 Å². The Morgan fingerprint density at radius 1 is 1.22 bits per heavy atom. The minimum atomic E-state index is -0.230. The van der Waals surface area contributed by atoms with Crippen molar-refractivity contribution in [2.75, 3.05) is 12.3 Å². The normalized spacial score (nSPS) is 16.9. The predicted molar refractivity (Wildman–Crippen MR) is 92.3 cm³/mol. The molecule has 1 aliphatic rings. The quantitative estimate of drug-likeness (QED) is 0.870. The zero-order valence-electron chi connectivity index (χ0n) is 12.7. The smallest absolute Gasteiger partial charge is 0.254 e. The second-order valence-electron chi connectivity index (χ2n) is 5.75. The van der Waals surface area contributed by atoms with Gasteiger partial charge < -0.3 is 10.6 Å². The van der Waals surface area contributed by atoms with Gasteiger partial charge in [-0.15, -0.1) is 12.4 Å². The van der Waals surface area contributed by atoms with Crippen molar-refractivity contribution in [3.05, 3.63) is 65.5 Å². The molecule has 1 heterocycles. The Labute approximate surface area is 141 Å². The molecule has 3 rings (SSSR count). The largest absolute Gasteiger partial charge is 0.399 e. The molecule has 0 radical (unpaired) electrons. The van der Waals surface area contributed by atoms with Gasteiger partial charge in [0.15, 0.2) is 0 Å². The molecule has 23 heavy (non-hydrogen) atoms. The summed E-state index contributed by atoms with van der Waals surface area (Å²) in [6, 6.07) is 13.7. The van der Waals surface area contributed by atoms with E-state index in [1.165, 1.54) is 6.07 Å². The number of hydrogen-bond donors (Lipinski definition) is 1. The van der Waals surface area contributed by atoms with Gasteiger partial charge in [0.2, 0.25) is 0 Å². The molecular formula is C18H20ClFN2O. The number of benzene rings is 2. The van der Waals surface area contributed by atoms with Crippen molar-refractivity contribution in [3.63, 3.8) is 0 Å². The van der Waals surface area contributed by atoms with E-state index < -0.39 is 0 Å². The van der Waals surface area contributed by atoms with Crippen molar-refractivity contribution in [1.29, 1.82) is 0 Å². The maximum atomic E-state index is 13.3. The fraction of sp³-hybridized carbons (Fsp3) is 0.278. The summed E-state index contributed by atoms with van der Waals surface area (Å²) in [5, 5.41) is 0. The average Bonchev–Trinajstić information content (AvgIpc) is 2.95. The Morgan fingerprint density at radius 3 is 2.65 bits per heavy atom. The Balaban J connectivity index is 0.00000192. The van der Waals surface area contributed by atoms with Crippen LogP contribution in [0.1, 0.15) is 28.8 Å². The number of nitrogens with zero attached hydrogens (tertiary/aromatic N) is 1. The second kappa shape index (κ2) is 7.47. The standard InChI is InChI=1S/C18H19FN2O.ClH/c19-15-4-1-3-13(11-15)12-17-5-2-10-21(17)18(22)14-6-8-16(20)9-7-14;/h1,3-4,6-9,11,17H,2,5,10,12,20H2;1H. The Hall–Kier alpha value is -2.07. The molecule has 2 N–H and O–H groups in total. The third-order valence-corrected chi connectivity index (χ3v) is 4.16. The topological polar surface area (TPSA) is 46.3 Å². The zero-order valence-corrected chi connectivity index (χ0v) is 13.6. The van der Waals surface area contributed by atoms with Crippen molar-refractivity contribution in [2.45, 2.75) is 25.3 Å². The van der Waals surface area contributed by atoms with Crippen LogP contribution >= 0.6 is 12.4 Å². The maximum Gasteiger partial charge on any atom is 0.254 e. The maximum absolute atomic E-state index is 13.3. The molecule has 1 atom stereocenters. The van der Waals surface area contributed by atoms with Crippen molar-refractivity contribution in [3.8, 4) is 0 Å². The number of halogens is 2. The number of carbonyl (C=O) groups excluding carboxylic acids is 1. The molecular weight excluding hydrogens is 315 g/mol. The van der Waals surface area contributed by atoms with Gasteiger partial charge in [0.1, 0.15) is 5.82 Å². The fourth-order valence-corrected chi connectivity index (χ4v) is 3.04. The average molecular weight is 335 g/mol. The Bertz CT molecular complexity index is 675. The number of hydrogen-bond acceptors (Lipinski definition) is 2. The van der Waals surface area contributed by atoms with Gasteiger partial charge in [-0.3, -0.25) is 4.79 Å². The number of anilines is 1. The molecule has 1 saturated heterocycles. The van der Waals surface area contributed by atoms with Crippen molar-refractivity contribution in [2.24, 2.45) is 0 Å². The van der Waals surface area contributed by atoms with Gasteiger partial charge in [-0.05, 0) is 61.2 Å². The van der Waals surface area contributed by atoms with Crippen LogP contribution in [0.3, 0.4) is 0 Å². The summed E-state index contributed by atoms with van der Waals surface area (Å²) in [5.74, 6) is -0.203. The summed E-state index contributed by atoms with van der Waals surface area (Å²) in [6.45, 7) is 0.753. The number of rotatable bonds is 3. The first-order valence-electron chi connectivity index (χ1n) is 7.54. The molecule has 2 aromatic carbocycles. The molecule has 0 aliphatic carbocycles. The molecule has 2 aromatic rings. The highest BCUT2D eigenvalue weighted by atomic mass is 35.5. The van der Waals surface area contributed by atoms with E-state index in [9.17, 15) is 9.18 Å². The second-order valence-corrected chi connectivity index (χ2v) is 5.75. The van der Waals surface area contributed by atoms with Gasteiger partial charge >= 0.3 is 0 Å². The Kier molecular flexibility index (Phi) is 5.61. The zero-order chi connectivity index (χ0) is 15.5. The summed E-state index contributed by atoms with van der Waals surface area (Å²) >= 11 is 0. The van der Waals surface area contributed by atoms with E-state index in [1.54, 1.807) is 36.4 Å². The SMILES string of the molecule is Cl.Nc1ccc(C(=O)N2CCCC2Cc2cccc(F)c2)cc1. The third kappa shape index (κ3) is 4.02. The van der Waals surface area contributed by atoms with Crippen molar-refractivity contribution < 1.29 is 9.18 Å². The van der Waals surface area contributed by atoms with Crippen molar-refractivity contribution in [1.82, 2.24) is 4.90 Å². The lowest BCUT2D eigenvalue weighted by atomic mass is 10.0. The van der Waals surface area contributed by atoms with Gasteiger partial charge in [-0.25, -0.2) is 4.39 Å². The van der Waals surface area contributed by atoms with E-state index in [2.05, 4.69) is 0 Å². The summed E-state index contributed by atoms with van der Waals surface area (Å²) in [5.41, 5.74) is 7.90. The first kappa shape index (κ1) is 17.3. The lowest BCUT2D eigenvalue weighted by Crippen LogP contribution is -2.36. The van der Waals surface area contributed by atoms with E-state index >= 15 is 0 Å². The number of carbonyl (C=O) groups is 1. The number of amides is 1. The van der Waals surface area contributed by atoms with Crippen molar-refractivity contribution >= 4 is 24.0 Å². The Morgan fingerprint density at radius 2 is 1.96 bits per heavy atom. The summed E-state index contributed by atoms with van der Waals surface area (Å²) in [4.78, 5) is 14.5. The minimum Gasteiger partial charge on any atom is -0.399 e. The predicted octanol–water partition coefficient (Wildman–Crippen LogP) is 3.68. The first-order chi connectivity index (χ1) is 10.6. The molecule has 0 bridgehead atoms. The first-order valence-corrected chi connectivity index (χ1v) is 7.54. The van der Waals surface area contributed by atoms with Crippen LogP contribution in [-0.4, -0.2) is 23.4 Å². The molecule has 5 heteroatoms.